The molecule has 0 saturated heterocycles. The first-order valence-electron chi connectivity index (χ1n) is 5.99. The highest BCUT2D eigenvalue weighted by atomic mass is 127. The van der Waals surface area contributed by atoms with Gasteiger partial charge in [0.15, 0.2) is 7.14 Å². The molecule has 2 aromatic carbocycles. The molecular weight excluding hydrogens is 335 g/mol. The van der Waals surface area contributed by atoms with E-state index in [1.165, 1.54) is 12.7 Å². The van der Waals surface area contributed by atoms with Crippen LogP contribution in [0.5, 0.6) is 5.75 Å². The summed E-state index contributed by atoms with van der Waals surface area (Å²) in [4.78, 5) is 0. The Morgan fingerprint density at radius 2 is 1.22 bits per heavy atom. The molecule has 0 fully saturated rings. The molecule has 0 aliphatic heterocycles. The predicted octanol–water partition coefficient (Wildman–Crippen LogP) is 0.818. The van der Waals surface area contributed by atoms with Crippen LogP contribution >= 0.6 is 0 Å². The van der Waals surface area contributed by atoms with Crippen LogP contribution in [-0.4, -0.2) is 5.11 Å². The summed E-state index contributed by atoms with van der Waals surface area (Å²) in [6.07, 6.45) is 0. The number of hydrogen-bond donors (Lipinski definition) is 1. The van der Waals surface area contributed by atoms with E-state index in [2.05, 4.69) is 45.0 Å². The Balaban J connectivity index is 2.13. The third-order valence-electron chi connectivity index (χ3n) is 2.76. The van der Waals surface area contributed by atoms with E-state index in [4.69, 9.17) is 0 Å². The molecule has 0 saturated carbocycles. The largest absolute Gasteiger partial charge is 0.508 e. The lowest BCUT2D eigenvalue weighted by atomic mass is 9.87. The fraction of sp³-hybridized carbons (Fsp3) is 0.250. The molecule has 2 aromatic rings. The minimum atomic E-state index is -0.145. The highest BCUT2D eigenvalue weighted by Gasteiger charge is 2.18. The molecule has 0 atom stereocenters. The van der Waals surface area contributed by atoms with E-state index in [-0.39, 0.29) is 26.6 Å². The zero-order valence-corrected chi connectivity index (χ0v) is 13.1. The van der Waals surface area contributed by atoms with Crippen molar-refractivity contribution in [2.24, 2.45) is 0 Å². The van der Waals surface area contributed by atoms with Crippen LogP contribution in [0.4, 0.5) is 0 Å². The topological polar surface area (TPSA) is 20.2 Å². The van der Waals surface area contributed by atoms with E-state index in [9.17, 15) is 5.11 Å². The Bertz CT molecular complexity index is 506. The summed E-state index contributed by atoms with van der Waals surface area (Å²) in [5.74, 6) is 0.339. The zero-order chi connectivity index (χ0) is 13.2. The first kappa shape index (κ1) is 13.4. The van der Waals surface area contributed by atoms with Crippen LogP contribution in [0.2, 0.25) is 0 Å². The van der Waals surface area contributed by atoms with Gasteiger partial charge in [-0.1, -0.05) is 32.9 Å². The van der Waals surface area contributed by atoms with Crippen LogP contribution in [0, 0.1) is 7.14 Å². The lowest BCUT2D eigenvalue weighted by molar-refractivity contribution is -0.597. The number of rotatable bonds is 2. The van der Waals surface area contributed by atoms with Crippen LogP contribution in [-0.2, 0) is 5.41 Å². The minimum absolute atomic E-state index is 0.145. The Labute approximate surface area is 119 Å². The van der Waals surface area contributed by atoms with Gasteiger partial charge >= 0.3 is 21.2 Å². The molecular formula is C16H18IO+. The number of benzene rings is 2. The maximum atomic E-state index is 9.26. The molecule has 0 aliphatic carbocycles. The standard InChI is InChI=1S/C16H17IO/c1-16(2,3)12-4-6-13(7-5-12)17-14-8-10-15(18)11-9-14/h4-11H,1-3H3/p+1. The second-order valence-electron chi connectivity index (χ2n) is 5.33. The van der Waals surface area contributed by atoms with Crippen molar-refractivity contribution in [2.45, 2.75) is 26.2 Å². The molecule has 0 bridgehead atoms. The monoisotopic (exact) mass is 353 g/mol. The van der Waals surface area contributed by atoms with Crippen LogP contribution in [0.3, 0.4) is 0 Å². The quantitative estimate of drug-likeness (QED) is 0.793. The molecule has 0 unspecified atom stereocenters. The van der Waals surface area contributed by atoms with E-state index in [0.29, 0.717) is 5.75 Å². The van der Waals surface area contributed by atoms with Crippen molar-refractivity contribution in [2.75, 3.05) is 0 Å². The van der Waals surface area contributed by atoms with Gasteiger partial charge in [-0.2, -0.15) is 0 Å². The summed E-state index contributed by atoms with van der Waals surface area (Å²) in [5.41, 5.74) is 1.59. The van der Waals surface area contributed by atoms with Gasteiger partial charge in [0.2, 0.25) is 0 Å². The molecule has 0 spiro atoms. The first-order valence-corrected chi connectivity index (χ1v) is 8.15. The van der Waals surface area contributed by atoms with Crippen molar-refractivity contribution in [1.82, 2.24) is 0 Å². The maximum absolute atomic E-state index is 9.26. The first-order chi connectivity index (χ1) is 8.45. The van der Waals surface area contributed by atoms with Crippen molar-refractivity contribution in [1.29, 1.82) is 0 Å². The lowest BCUT2D eigenvalue weighted by Crippen LogP contribution is -3.61. The number of hydrogen-bond acceptors (Lipinski definition) is 1. The van der Waals surface area contributed by atoms with Crippen LogP contribution in [0.1, 0.15) is 26.3 Å². The Morgan fingerprint density at radius 1 is 0.778 bits per heavy atom. The second kappa shape index (κ2) is 5.31. The molecule has 1 nitrogen and oxygen atoms in total. The molecule has 0 amide bonds. The van der Waals surface area contributed by atoms with E-state index >= 15 is 0 Å². The van der Waals surface area contributed by atoms with Gasteiger partial charge in [0, 0.05) is 0 Å². The summed E-state index contributed by atoms with van der Waals surface area (Å²) in [7, 11) is 0. The SMILES string of the molecule is CC(C)(C)c1ccc([I+]c2ccc(O)cc2)cc1. The Kier molecular flexibility index (Phi) is 3.95. The van der Waals surface area contributed by atoms with Crippen molar-refractivity contribution in [3.63, 3.8) is 0 Å². The third-order valence-corrected chi connectivity index (χ3v) is 5.44. The molecule has 0 radical (unpaired) electrons. The number of phenols is 1. The van der Waals surface area contributed by atoms with Gasteiger partial charge in [-0.15, -0.1) is 0 Å². The Morgan fingerprint density at radius 3 is 1.67 bits per heavy atom. The summed E-state index contributed by atoms with van der Waals surface area (Å²) >= 11 is -0.145. The molecule has 18 heavy (non-hydrogen) atoms. The summed E-state index contributed by atoms with van der Waals surface area (Å²) < 4.78 is 2.74. The lowest BCUT2D eigenvalue weighted by Gasteiger charge is -2.18. The maximum Gasteiger partial charge on any atom is 0.357 e. The third kappa shape index (κ3) is 3.48. The molecule has 0 heterocycles. The van der Waals surface area contributed by atoms with E-state index in [1.807, 2.05) is 12.1 Å². The minimum Gasteiger partial charge on any atom is -0.508 e. The van der Waals surface area contributed by atoms with Crippen molar-refractivity contribution < 1.29 is 26.3 Å². The molecule has 2 rings (SSSR count). The van der Waals surface area contributed by atoms with Crippen molar-refractivity contribution in [3.05, 3.63) is 61.2 Å². The van der Waals surface area contributed by atoms with Crippen molar-refractivity contribution >= 4 is 0 Å². The summed E-state index contributed by atoms with van der Waals surface area (Å²) in [5, 5.41) is 9.26. The van der Waals surface area contributed by atoms with Gasteiger partial charge < -0.3 is 5.11 Å². The average molecular weight is 353 g/mol. The van der Waals surface area contributed by atoms with E-state index in [0.717, 1.165) is 0 Å². The van der Waals surface area contributed by atoms with Crippen LogP contribution in [0.25, 0.3) is 0 Å². The highest BCUT2D eigenvalue weighted by molar-refractivity contribution is 5.22. The summed E-state index contributed by atoms with van der Waals surface area (Å²) in [6.45, 7) is 6.70. The van der Waals surface area contributed by atoms with E-state index < -0.39 is 0 Å². The number of aromatic hydroxyl groups is 1. The van der Waals surface area contributed by atoms with Gasteiger partial charge in [0.1, 0.15) is 5.75 Å². The smallest absolute Gasteiger partial charge is 0.357 e. The van der Waals surface area contributed by atoms with Gasteiger partial charge in [-0.05, 0) is 47.4 Å². The number of phenolic OH excluding ortho intramolecular Hbond substituents is 1. The highest BCUT2D eigenvalue weighted by Crippen LogP contribution is 2.20. The fourth-order valence-electron chi connectivity index (χ4n) is 1.64. The Hall–Kier alpha value is -1.03. The molecule has 2 heteroatoms. The molecule has 94 valence electrons. The van der Waals surface area contributed by atoms with Gasteiger partial charge in [0.05, 0.1) is 0 Å². The second-order valence-corrected chi connectivity index (χ2v) is 8.36. The molecule has 0 aliphatic rings. The summed E-state index contributed by atoms with van der Waals surface area (Å²) in [6, 6.07) is 16.5. The number of halogens is 1. The predicted molar refractivity (Wildman–Crippen MR) is 70.6 cm³/mol. The van der Waals surface area contributed by atoms with Gasteiger partial charge in [-0.3, -0.25) is 0 Å². The fourth-order valence-corrected chi connectivity index (χ4v) is 3.80. The van der Waals surface area contributed by atoms with Crippen LogP contribution in [0.15, 0.2) is 48.5 Å². The van der Waals surface area contributed by atoms with E-state index in [1.54, 1.807) is 12.1 Å². The van der Waals surface area contributed by atoms with Gasteiger partial charge in [-0.25, -0.2) is 0 Å². The molecule has 1 N–H and O–H groups in total. The normalized spacial score (nSPS) is 11.5. The molecule has 0 aromatic heterocycles. The van der Waals surface area contributed by atoms with Gasteiger partial charge in [0.25, 0.3) is 0 Å². The average Bonchev–Trinajstić information content (AvgIpc) is 2.32. The van der Waals surface area contributed by atoms with Crippen molar-refractivity contribution in [3.8, 4) is 5.75 Å². The zero-order valence-electron chi connectivity index (χ0n) is 10.9. The van der Waals surface area contributed by atoms with Crippen LogP contribution < -0.4 is 21.2 Å².